The number of piperidine rings is 2. The van der Waals surface area contributed by atoms with Gasteiger partial charge < -0.3 is 9.80 Å². The number of thiophene rings is 1. The predicted molar refractivity (Wildman–Crippen MR) is 97.4 cm³/mol. The fourth-order valence-corrected chi connectivity index (χ4v) is 4.81. The van der Waals surface area contributed by atoms with Crippen molar-refractivity contribution in [2.45, 2.75) is 46.5 Å². The molecule has 1 unspecified atom stereocenters. The van der Waals surface area contributed by atoms with Gasteiger partial charge >= 0.3 is 0 Å². The first-order valence-corrected chi connectivity index (χ1v) is 9.92. The van der Waals surface area contributed by atoms with Gasteiger partial charge in [-0.2, -0.15) is 0 Å². The zero-order valence-electron chi connectivity index (χ0n) is 15.0. The predicted octanol–water partition coefficient (Wildman–Crippen LogP) is 3.48. The Hall–Kier alpha value is -1.36. The summed E-state index contributed by atoms with van der Waals surface area (Å²) in [5.74, 6) is 1.17. The van der Waals surface area contributed by atoms with E-state index < -0.39 is 0 Å². The Kier molecular flexibility index (Phi) is 5.28. The summed E-state index contributed by atoms with van der Waals surface area (Å²) in [5.41, 5.74) is 1.19. The minimum Gasteiger partial charge on any atom is -0.342 e. The number of nitrogens with zero attached hydrogens (tertiary/aromatic N) is 2. The van der Waals surface area contributed by atoms with Gasteiger partial charge in [0.15, 0.2) is 0 Å². The molecular weight excluding hydrogens is 320 g/mol. The van der Waals surface area contributed by atoms with E-state index in [0.717, 1.165) is 37.2 Å². The highest BCUT2D eigenvalue weighted by molar-refractivity contribution is 7.14. The third kappa shape index (κ3) is 3.66. The van der Waals surface area contributed by atoms with Crippen LogP contribution >= 0.6 is 11.3 Å². The molecule has 1 aromatic rings. The molecule has 2 fully saturated rings. The largest absolute Gasteiger partial charge is 0.342 e. The molecule has 2 aliphatic heterocycles. The molecule has 0 bridgehead atoms. The van der Waals surface area contributed by atoms with Crippen molar-refractivity contribution in [3.63, 3.8) is 0 Å². The van der Waals surface area contributed by atoms with Crippen LogP contribution in [0.4, 0.5) is 0 Å². The average molecular weight is 349 g/mol. The van der Waals surface area contributed by atoms with Crippen LogP contribution in [-0.4, -0.2) is 47.8 Å². The number of hydrogen-bond donors (Lipinski definition) is 0. The molecular formula is C19H28N2O2S. The van der Waals surface area contributed by atoms with E-state index in [4.69, 9.17) is 0 Å². The lowest BCUT2D eigenvalue weighted by atomic mass is 9.92. The number of rotatable bonds is 2. The molecule has 1 aromatic heterocycles. The Morgan fingerprint density at radius 1 is 1.08 bits per heavy atom. The van der Waals surface area contributed by atoms with Crippen molar-refractivity contribution in [1.82, 2.24) is 9.80 Å². The third-order valence-corrected chi connectivity index (χ3v) is 6.62. The van der Waals surface area contributed by atoms with Gasteiger partial charge in [-0.15, -0.1) is 11.3 Å². The number of aryl methyl sites for hydroxylation is 2. The maximum Gasteiger partial charge on any atom is 0.263 e. The maximum atomic E-state index is 12.7. The number of carbonyl (C=O) groups is 2. The van der Waals surface area contributed by atoms with Crippen molar-refractivity contribution in [2.24, 2.45) is 11.8 Å². The van der Waals surface area contributed by atoms with E-state index in [0.29, 0.717) is 24.9 Å². The molecule has 0 N–H and O–H groups in total. The lowest BCUT2D eigenvalue weighted by molar-refractivity contribution is -0.138. The molecule has 0 spiro atoms. The van der Waals surface area contributed by atoms with Crippen LogP contribution in [0.3, 0.4) is 0 Å². The summed E-state index contributed by atoms with van der Waals surface area (Å²) in [6.07, 6.45) is 3.97. The lowest BCUT2D eigenvalue weighted by Crippen LogP contribution is -2.46. The van der Waals surface area contributed by atoms with Crippen molar-refractivity contribution in [2.75, 3.05) is 26.2 Å². The smallest absolute Gasteiger partial charge is 0.263 e. The van der Waals surface area contributed by atoms with Gasteiger partial charge in [-0.1, -0.05) is 6.92 Å². The van der Waals surface area contributed by atoms with E-state index >= 15 is 0 Å². The second-order valence-corrected chi connectivity index (χ2v) is 8.70. The van der Waals surface area contributed by atoms with Crippen molar-refractivity contribution >= 4 is 23.2 Å². The van der Waals surface area contributed by atoms with Crippen LogP contribution < -0.4 is 0 Å². The van der Waals surface area contributed by atoms with Crippen LogP contribution in [-0.2, 0) is 4.79 Å². The lowest BCUT2D eigenvalue weighted by Gasteiger charge is -2.37. The number of carbonyl (C=O) groups excluding carboxylic acids is 2. The van der Waals surface area contributed by atoms with E-state index in [2.05, 4.69) is 18.7 Å². The monoisotopic (exact) mass is 348 g/mol. The van der Waals surface area contributed by atoms with Gasteiger partial charge in [-0.25, -0.2) is 0 Å². The second kappa shape index (κ2) is 7.26. The maximum absolute atomic E-state index is 12.7. The fourth-order valence-electron chi connectivity index (χ4n) is 3.81. The SMILES string of the molecule is Cc1cc(C(=O)N2CCC(C(=O)N3CCCC(C)C3)CC2)sc1C. The van der Waals surface area contributed by atoms with E-state index in [9.17, 15) is 9.59 Å². The van der Waals surface area contributed by atoms with Gasteiger partial charge in [0, 0.05) is 37.0 Å². The molecule has 132 valence electrons. The zero-order chi connectivity index (χ0) is 17.3. The molecule has 24 heavy (non-hydrogen) atoms. The average Bonchev–Trinajstić information content (AvgIpc) is 2.93. The van der Waals surface area contributed by atoms with Crippen molar-refractivity contribution in [3.05, 3.63) is 21.4 Å². The van der Waals surface area contributed by atoms with E-state index in [1.165, 1.54) is 16.9 Å². The first kappa shape index (κ1) is 17.5. The summed E-state index contributed by atoms with van der Waals surface area (Å²) in [6.45, 7) is 9.56. The van der Waals surface area contributed by atoms with Crippen molar-refractivity contribution in [3.8, 4) is 0 Å². The van der Waals surface area contributed by atoms with Gasteiger partial charge in [0.25, 0.3) is 5.91 Å². The normalized spacial score (nSPS) is 22.7. The summed E-state index contributed by atoms with van der Waals surface area (Å²) in [5, 5.41) is 0. The first-order chi connectivity index (χ1) is 11.5. The van der Waals surface area contributed by atoms with E-state index in [1.807, 2.05) is 17.9 Å². The minimum atomic E-state index is 0.103. The van der Waals surface area contributed by atoms with E-state index in [1.54, 1.807) is 11.3 Å². The van der Waals surface area contributed by atoms with Crippen LogP contribution in [0.1, 0.15) is 52.7 Å². The summed E-state index contributed by atoms with van der Waals surface area (Å²) in [6, 6.07) is 1.99. The van der Waals surface area contributed by atoms with Gasteiger partial charge in [0.2, 0.25) is 5.91 Å². The number of hydrogen-bond acceptors (Lipinski definition) is 3. The highest BCUT2D eigenvalue weighted by Crippen LogP contribution is 2.27. The molecule has 1 atom stereocenters. The standard InChI is InChI=1S/C19H28N2O2S/c1-13-5-4-8-21(12-13)18(22)16-6-9-20(10-7-16)19(23)17-11-14(2)15(3)24-17/h11,13,16H,4-10,12H2,1-3H3. The minimum absolute atomic E-state index is 0.103. The van der Waals surface area contributed by atoms with Crippen LogP contribution in [0.5, 0.6) is 0 Å². The molecule has 3 heterocycles. The van der Waals surface area contributed by atoms with Gasteiger partial charge in [0.1, 0.15) is 0 Å². The fraction of sp³-hybridized carbons (Fsp3) is 0.684. The van der Waals surface area contributed by atoms with Crippen molar-refractivity contribution in [1.29, 1.82) is 0 Å². The van der Waals surface area contributed by atoms with Crippen LogP contribution in [0, 0.1) is 25.7 Å². The molecule has 5 heteroatoms. The first-order valence-electron chi connectivity index (χ1n) is 9.10. The highest BCUT2D eigenvalue weighted by atomic mass is 32.1. The summed E-state index contributed by atoms with van der Waals surface area (Å²) in [4.78, 5) is 31.4. The summed E-state index contributed by atoms with van der Waals surface area (Å²) in [7, 11) is 0. The second-order valence-electron chi connectivity index (χ2n) is 7.45. The van der Waals surface area contributed by atoms with Crippen molar-refractivity contribution < 1.29 is 9.59 Å². The van der Waals surface area contributed by atoms with Crippen LogP contribution in [0.2, 0.25) is 0 Å². The summed E-state index contributed by atoms with van der Waals surface area (Å²) >= 11 is 1.58. The molecule has 2 amide bonds. The molecule has 2 aliphatic rings. The molecule has 3 rings (SSSR count). The van der Waals surface area contributed by atoms with Crippen LogP contribution in [0.15, 0.2) is 6.07 Å². The van der Waals surface area contributed by atoms with Gasteiger partial charge in [0.05, 0.1) is 4.88 Å². The topological polar surface area (TPSA) is 40.6 Å². The number of likely N-dealkylation sites (tertiary alicyclic amines) is 2. The van der Waals surface area contributed by atoms with Crippen LogP contribution in [0.25, 0.3) is 0 Å². The molecule has 0 radical (unpaired) electrons. The molecule has 0 saturated carbocycles. The Labute approximate surface area is 148 Å². The Morgan fingerprint density at radius 2 is 1.79 bits per heavy atom. The molecule has 0 aromatic carbocycles. The van der Waals surface area contributed by atoms with Gasteiger partial charge in [-0.3, -0.25) is 9.59 Å². The zero-order valence-corrected chi connectivity index (χ0v) is 15.8. The highest BCUT2D eigenvalue weighted by Gasteiger charge is 2.32. The van der Waals surface area contributed by atoms with E-state index in [-0.39, 0.29) is 11.8 Å². The molecule has 2 saturated heterocycles. The van der Waals surface area contributed by atoms with Gasteiger partial charge in [-0.05, 0) is 57.1 Å². The quantitative estimate of drug-likeness (QED) is 0.821. The summed E-state index contributed by atoms with van der Waals surface area (Å²) < 4.78 is 0. The third-order valence-electron chi connectivity index (χ3n) is 5.48. The Morgan fingerprint density at radius 3 is 2.38 bits per heavy atom. The Balaban J connectivity index is 1.55. The molecule has 0 aliphatic carbocycles. The molecule has 4 nitrogen and oxygen atoms in total. The number of amides is 2. The Bertz CT molecular complexity index is 597.